The molecule has 3 heterocycles. The molecule has 0 saturated carbocycles. The maximum Gasteiger partial charge on any atom is 0.322 e. The SMILES string of the molecule is COc1ccc(-c2cccc3[nH]ncc23)c2c1CC(NC(=O)N1CCC(C)(O)CC1)=N2. The summed E-state index contributed by atoms with van der Waals surface area (Å²) in [6, 6.07) is 9.78. The van der Waals surface area contributed by atoms with E-state index in [9.17, 15) is 9.90 Å². The average molecular weight is 419 g/mol. The van der Waals surface area contributed by atoms with Gasteiger partial charge in [0.05, 0.1) is 30.1 Å². The zero-order chi connectivity index (χ0) is 21.6. The Bertz CT molecular complexity index is 1190. The lowest BCUT2D eigenvalue weighted by molar-refractivity contribution is 0.00483. The van der Waals surface area contributed by atoms with Crippen LogP contribution in [0.15, 0.2) is 41.5 Å². The van der Waals surface area contributed by atoms with Crippen LogP contribution in [0.25, 0.3) is 22.0 Å². The van der Waals surface area contributed by atoms with E-state index in [1.807, 2.05) is 43.5 Å². The predicted octanol–water partition coefficient (Wildman–Crippen LogP) is 3.38. The highest BCUT2D eigenvalue weighted by Gasteiger charge is 2.31. The first-order valence-corrected chi connectivity index (χ1v) is 10.4. The van der Waals surface area contributed by atoms with Gasteiger partial charge in [-0.3, -0.25) is 10.4 Å². The zero-order valence-electron chi connectivity index (χ0n) is 17.6. The second-order valence-corrected chi connectivity index (χ2v) is 8.43. The standard InChI is InChI=1S/C23H25N5O3/c1-23(30)8-10-28(11-9-23)22(29)26-20-12-16-19(31-2)7-6-15(21(16)25-20)14-4-3-5-18-17(14)13-24-27-18/h3-7,13,30H,8-12H2,1-2H3,(H,24,27)(H,25,26,29). The number of piperidine rings is 1. The van der Waals surface area contributed by atoms with Gasteiger partial charge in [0, 0.05) is 36.0 Å². The van der Waals surface area contributed by atoms with Crippen molar-refractivity contribution >= 4 is 28.5 Å². The summed E-state index contributed by atoms with van der Waals surface area (Å²) in [6.45, 7) is 2.86. The molecular weight excluding hydrogens is 394 g/mol. The van der Waals surface area contributed by atoms with Crippen LogP contribution in [0.5, 0.6) is 5.75 Å². The van der Waals surface area contributed by atoms with E-state index in [1.54, 1.807) is 12.0 Å². The smallest absolute Gasteiger partial charge is 0.322 e. The van der Waals surface area contributed by atoms with Crippen LogP contribution >= 0.6 is 0 Å². The van der Waals surface area contributed by atoms with Gasteiger partial charge in [0.25, 0.3) is 0 Å². The molecule has 2 aliphatic rings. The van der Waals surface area contributed by atoms with Crippen molar-refractivity contribution in [2.45, 2.75) is 31.8 Å². The number of H-pyrrole nitrogens is 1. The highest BCUT2D eigenvalue weighted by Crippen LogP contribution is 2.43. The van der Waals surface area contributed by atoms with Gasteiger partial charge >= 0.3 is 6.03 Å². The number of aromatic amines is 1. The lowest BCUT2D eigenvalue weighted by Gasteiger charge is -2.35. The number of hydrogen-bond donors (Lipinski definition) is 3. The molecule has 8 heteroatoms. The zero-order valence-corrected chi connectivity index (χ0v) is 17.6. The molecule has 8 nitrogen and oxygen atoms in total. The predicted molar refractivity (Wildman–Crippen MR) is 119 cm³/mol. The number of amidine groups is 1. The van der Waals surface area contributed by atoms with E-state index in [-0.39, 0.29) is 6.03 Å². The number of aliphatic hydroxyl groups is 1. The molecule has 160 valence electrons. The molecular formula is C23H25N5O3. The molecule has 31 heavy (non-hydrogen) atoms. The summed E-state index contributed by atoms with van der Waals surface area (Å²) in [7, 11) is 1.64. The fraction of sp³-hybridized carbons (Fsp3) is 0.348. The molecule has 3 N–H and O–H groups in total. The summed E-state index contributed by atoms with van der Waals surface area (Å²) in [5.74, 6) is 1.35. The highest BCUT2D eigenvalue weighted by molar-refractivity contribution is 6.06. The molecule has 1 saturated heterocycles. The summed E-state index contributed by atoms with van der Waals surface area (Å²) in [5, 5.41) is 21.3. The maximum absolute atomic E-state index is 12.8. The summed E-state index contributed by atoms with van der Waals surface area (Å²) in [4.78, 5) is 19.3. The maximum atomic E-state index is 12.8. The van der Waals surface area contributed by atoms with Crippen molar-refractivity contribution in [3.8, 4) is 16.9 Å². The van der Waals surface area contributed by atoms with Crippen molar-refractivity contribution in [2.75, 3.05) is 20.2 Å². The number of rotatable bonds is 2. The van der Waals surface area contributed by atoms with Crippen molar-refractivity contribution in [3.63, 3.8) is 0 Å². The molecule has 1 fully saturated rings. The molecule has 1 aromatic heterocycles. The number of urea groups is 1. The Kier molecular flexibility index (Phi) is 4.66. The Hall–Kier alpha value is -3.39. The number of likely N-dealkylation sites (tertiary alicyclic amines) is 1. The first kappa shape index (κ1) is 19.6. The molecule has 2 amide bonds. The first-order chi connectivity index (χ1) is 14.9. The van der Waals surface area contributed by atoms with Gasteiger partial charge in [0.1, 0.15) is 11.6 Å². The third-order valence-corrected chi connectivity index (χ3v) is 6.20. The number of aromatic nitrogens is 2. The van der Waals surface area contributed by atoms with E-state index in [4.69, 9.17) is 9.73 Å². The molecule has 0 spiro atoms. The number of hydrogen-bond acceptors (Lipinski definition) is 5. The molecule has 3 aromatic rings. The summed E-state index contributed by atoms with van der Waals surface area (Å²) >= 11 is 0. The van der Waals surface area contributed by atoms with E-state index in [2.05, 4.69) is 15.5 Å². The number of amides is 2. The monoisotopic (exact) mass is 419 g/mol. The van der Waals surface area contributed by atoms with Crippen LogP contribution in [0.4, 0.5) is 10.5 Å². The minimum atomic E-state index is -0.700. The Balaban J connectivity index is 1.45. The normalized spacial score (nSPS) is 17.4. The van der Waals surface area contributed by atoms with Gasteiger partial charge in [-0.1, -0.05) is 12.1 Å². The van der Waals surface area contributed by atoms with Crippen molar-refractivity contribution in [3.05, 3.63) is 42.1 Å². The Morgan fingerprint density at radius 1 is 1.23 bits per heavy atom. The Morgan fingerprint density at radius 3 is 2.81 bits per heavy atom. The van der Waals surface area contributed by atoms with E-state index >= 15 is 0 Å². The van der Waals surface area contributed by atoms with Gasteiger partial charge in [-0.15, -0.1) is 0 Å². The fourth-order valence-corrected chi connectivity index (χ4v) is 4.34. The lowest BCUT2D eigenvalue weighted by Crippen LogP contribution is -2.50. The number of carbonyl (C=O) groups is 1. The molecule has 5 rings (SSSR count). The number of ether oxygens (including phenoxy) is 1. The largest absolute Gasteiger partial charge is 0.496 e. The summed E-state index contributed by atoms with van der Waals surface area (Å²) in [5.41, 5.74) is 4.02. The number of carbonyl (C=O) groups excluding carboxylic acids is 1. The molecule has 0 unspecified atom stereocenters. The van der Waals surface area contributed by atoms with Gasteiger partial charge in [-0.05, 0) is 43.5 Å². The Labute approximate surface area is 179 Å². The van der Waals surface area contributed by atoms with Crippen LogP contribution in [-0.4, -0.2) is 57.9 Å². The van der Waals surface area contributed by atoms with E-state index in [0.29, 0.717) is 38.2 Å². The number of nitrogens with zero attached hydrogens (tertiary/aromatic N) is 3. The molecule has 0 bridgehead atoms. The fourth-order valence-electron chi connectivity index (χ4n) is 4.34. The lowest BCUT2D eigenvalue weighted by atomic mass is 9.94. The van der Waals surface area contributed by atoms with Crippen molar-refractivity contribution < 1.29 is 14.6 Å². The van der Waals surface area contributed by atoms with Crippen LogP contribution < -0.4 is 10.1 Å². The van der Waals surface area contributed by atoms with Gasteiger partial charge in [0.2, 0.25) is 0 Å². The molecule has 2 aromatic carbocycles. The molecule has 0 radical (unpaired) electrons. The van der Waals surface area contributed by atoms with Crippen LogP contribution in [0, 0.1) is 0 Å². The van der Waals surface area contributed by atoms with E-state index in [0.717, 1.165) is 39.0 Å². The third kappa shape index (κ3) is 3.53. The number of fused-ring (bicyclic) bond motifs is 2. The number of nitrogens with one attached hydrogen (secondary N) is 2. The van der Waals surface area contributed by atoms with Gasteiger partial charge in [-0.2, -0.15) is 5.10 Å². The minimum absolute atomic E-state index is 0.181. The second kappa shape index (κ2) is 7.39. The van der Waals surface area contributed by atoms with Crippen LogP contribution in [0.1, 0.15) is 25.3 Å². The van der Waals surface area contributed by atoms with Gasteiger partial charge in [0.15, 0.2) is 0 Å². The van der Waals surface area contributed by atoms with E-state index in [1.165, 1.54) is 0 Å². The van der Waals surface area contributed by atoms with Crippen molar-refractivity contribution in [2.24, 2.45) is 4.99 Å². The number of aliphatic imine (C=N–C) groups is 1. The minimum Gasteiger partial charge on any atom is -0.496 e. The van der Waals surface area contributed by atoms with Gasteiger partial charge < -0.3 is 14.7 Å². The second-order valence-electron chi connectivity index (χ2n) is 8.43. The summed E-state index contributed by atoms with van der Waals surface area (Å²) < 4.78 is 5.57. The van der Waals surface area contributed by atoms with Crippen molar-refractivity contribution in [1.82, 2.24) is 20.4 Å². The summed E-state index contributed by atoms with van der Waals surface area (Å²) in [6.07, 6.45) is 3.44. The van der Waals surface area contributed by atoms with Crippen molar-refractivity contribution in [1.29, 1.82) is 0 Å². The quantitative estimate of drug-likeness (QED) is 0.592. The topological polar surface area (TPSA) is 103 Å². The number of methoxy groups -OCH3 is 1. The van der Waals surface area contributed by atoms with Crippen LogP contribution in [0.2, 0.25) is 0 Å². The average Bonchev–Trinajstić information content (AvgIpc) is 3.39. The third-order valence-electron chi connectivity index (χ3n) is 6.20. The molecule has 2 aliphatic heterocycles. The number of benzene rings is 2. The van der Waals surface area contributed by atoms with Gasteiger partial charge in [-0.25, -0.2) is 9.79 Å². The molecule has 0 aliphatic carbocycles. The Morgan fingerprint density at radius 2 is 2.03 bits per heavy atom. The highest BCUT2D eigenvalue weighted by atomic mass is 16.5. The van der Waals surface area contributed by atoms with Crippen LogP contribution in [-0.2, 0) is 6.42 Å². The molecule has 0 atom stereocenters. The van der Waals surface area contributed by atoms with E-state index < -0.39 is 5.60 Å². The van der Waals surface area contributed by atoms with Crippen LogP contribution in [0.3, 0.4) is 0 Å². The first-order valence-electron chi connectivity index (χ1n) is 10.4.